The molecule has 0 saturated heterocycles. The number of aliphatic hydroxyl groups excluding tert-OH is 1. The van der Waals surface area contributed by atoms with Gasteiger partial charge >= 0.3 is 5.97 Å². The molecule has 0 amide bonds. The lowest BCUT2D eigenvalue weighted by Crippen LogP contribution is -2.45. The number of esters is 1. The topological polar surface area (TPSA) is 111 Å². The summed E-state index contributed by atoms with van der Waals surface area (Å²) in [6, 6.07) is 10.4. The van der Waals surface area contributed by atoms with Crippen LogP contribution in [0.1, 0.15) is 18.6 Å². The third kappa shape index (κ3) is 5.22. The van der Waals surface area contributed by atoms with Gasteiger partial charge in [0.15, 0.2) is 0 Å². The second-order valence-electron chi connectivity index (χ2n) is 5.74. The van der Waals surface area contributed by atoms with E-state index in [1.165, 1.54) is 43.5 Å². The number of rotatable bonds is 9. The fraction of sp³-hybridized carbons (Fsp3) is 0.316. The molecule has 0 spiro atoms. The number of ether oxygens (including phenoxy) is 3. The molecule has 8 nitrogen and oxygen atoms in total. The average molecular weight is 409 g/mol. The number of carbonyl (C=O) groups is 1. The van der Waals surface area contributed by atoms with Crippen LogP contribution in [0.4, 0.5) is 0 Å². The highest BCUT2D eigenvalue weighted by Gasteiger charge is 2.33. The van der Waals surface area contributed by atoms with Crippen LogP contribution in [0, 0.1) is 0 Å². The van der Waals surface area contributed by atoms with Crippen molar-refractivity contribution < 1.29 is 32.5 Å². The van der Waals surface area contributed by atoms with Gasteiger partial charge in [-0.3, -0.25) is 4.79 Å². The minimum atomic E-state index is -4.10. The molecule has 2 atom stereocenters. The highest BCUT2D eigenvalue weighted by Crippen LogP contribution is 2.23. The Morgan fingerprint density at radius 2 is 1.61 bits per heavy atom. The van der Waals surface area contributed by atoms with E-state index < -0.39 is 28.1 Å². The summed E-state index contributed by atoms with van der Waals surface area (Å²) in [4.78, 5) is 12.1. The van der Waals surface area contributed by atoms with Crippen LogP contribution >= 0.6 is 0 Å². The van der Waals surface area contributed by atoms with Crippen molar-refractivity contribution in [2.24, 2.45) is 0 Å². The van der Waals surface area contributed by atoms with Crippen molar-refractivity contribution in [3.63, 3.8) is 0 Å². The molecule has 0 aromatic heterocycles. The first-order valence-electron chi connectivity index (χ1n) is 8.47. The molecule has 152 valence electrons. The minimum Gasteiger partial charge on any atom is -0.497 e. The highest BCUT2D eigenvalue weighted by atomic mass is 32.2. The van der Waals surface area contributed by atoms with E-state index >= 15 is 0 Å². The molecule has 2 aromatic rings. The zero-order valence-corrected chi connectivity index (χ0v) is 16.6. The zero-order valence-electron chi connectivity index (χ0n) is 15.8. The SMILES string of the molecule is CCOc1ccc(S(=O)(=O)NC(C(=O)OC)C(O)c2ccc(OC)cc2)cc1. The van der Waals surface area contributed by atoms with Crippen molar-refractivity contribution in [1.82, 2.24) is 4.72 Å². The van der Waals surface area contributed by atoms with E-state index in [4.69, 9.17) is 9.47 Å². The Morgan fingerprint density at radius 1 is 1.04 bits per heavy atom. The molecule has 2 N–H and O–H groups in total. The van der Waals surface area contributed by atoms with Crippen molar-refractivity contribution in [1.29, 1.82) is 0 Å². The average Bonchev–Trinajstić information content (AvgIpc) is 2.71. The molecular weight excluding hydrogens is 386 g/mol. The normalized spacial score (nSPS) is 13.4. The van der Waals surface area contributed by atoms with Gasteiger partial charge in [-0.1, -0.05) is 12.1 Å². The van der Waals surface area contributed by atoms with Crippen LogP contribution in [0.3, 0.4) is 0 Å². The van der Waals surface area contributed by atoms with Gasteiger partial charge in [-0.05, 0) is 48.9 Å². The predicted octanol–water partition coefficient (Wildman–Crippen LogP) is 1.65. The number of hydrogen-bond acceptors (Lipinski definition) is 7. The molecule has 2 aromatic carbocycles. The molecule has 0 saturated carbocycles. The van der Waals surface area contributed by atoms with E-state index in [1.807, 2.05) is 6.92 Å². The van der Waals surface area contributed by atoms with Crippen LogP contribution in [-0.4, -0.2) is 46.4 Å². The van der Waals surface area contributed by atoms with Gasteiger partial charge in [-0.25, -0.2) is 8.42 Å². The maximum Gasteiger partial charge on any atom is 0.326 e. The standard InChI is InChI=1S/C19H23NO7S/c1-4-27-15-9-11-16(12-10-15)28(23,24)20-17(19(22)26-3)18(21)13-5-7-14(25-2)8-6-13/h5-12,17-18,20-21H,4H2,1-3H3. The number of aliphatic hydroxyl groups is 1. The molecule has 0 fully saturated rings. The molecule has 28 heavy (non-hydrogen) atoms. The molecule has 0 radical (unpaired) electrons. The second-order valence-corrected chi connectivity index (χ2v) is 7.46. The van der Waals surface area contributed by atoms with Gasteiger partial charge in [0.05, 0.1) is 25.7 Å². The molecule has 2 unspecified atom stereocenters. The zero-order chi connectivity index (χ0) is 20.7. The first kappa shape index (κ1) is 21.7. The first-order valence-corrected chi connectivity index (χ1v) is 9.95. The lowest BCUT2D eigenvalue weighted by atomic mass is 10.0. The van der Waals surface area contributed by atoms with Crippen molar-refractivity contribution in [3.05, 3.63) is 54.1 Å². The number of nitrogens with one attached hydrogen (secondary N) is 1. The number of methoxy groups -OCH3 is 2. The Balaban J connectivity index is 2.27. The molecule has 0 bridgehead atoms. The highest BCUT2D eigenvalue weighted by molar-refractivity contribution is 7.89. The van der Waals surface area contributed by atoms with Crippen molar-refractivity contribution in [2.75, 3.05) is 20.8 Å². The molecule has 0 heterocycles. The quantitative estimate of drug-likeness (QED) is 0.606. The van der Waals surface area contributed by atoms with E-state index in [9.17, 15) is 18.3 Å². The van der Waals surface area contributed by atoms with Crippen LogP contribution in [0.2, 0.25) is 0 Å². The number of sulfonamides is 1. The van der Waals surface area contributed by atoms with Crippen LogP contribution in [0.15, 0.2) is 53.4 Å². The van der Waals surface area contributed by atoms with Gasteiger partial charge < -0.3 is 19.3 Å². The lowest BCUT2D eigenvalue weighted by molar-refractivity contribution is -0.145. The van der Waals surface area contributed by atoms with Crippen molar-refractivity contribution >= 4 is 16.0 Å². The van der Waals surface area contributed by atoms with Crippen LogP contribution in [0.25, 0.3) is 0 Å². The Bertz CT molecular complexity index is 880. The third-order valence-electron chi connectivity index (χ3n) is 3.96. The summed E-state index contributed by atoms with van der Waals surface area (Å²) in [6.45, 7) is 2.26. The van der Waals surface area contributed by atoms with Crippen LogP contribution in [0.5, 0.6) is 11.5 Å². The summed E-state index contributed by atoms with van der Waals surface area (Å²) in [5, 5.41) is 10.6. The summed E-state index contributed by atoms with van der Waals surface area (Å²) in [7, 11) is -1.50. The number of hydrogen-bond donors (Lipinski definition) is 2. The van der Waals surface area contributed by atoms with Crippen molar-refractivity contribution in [2.45, 2.75) is 24.0 Å². The number of carbonyl (C=O) groups excluding carboxylic acids is 1. The molecule has 0 aliphatic carbocycles. The maximum absolute atomic E-state index is 12.7. The van der Waals surface area contributed by atoms with Gasteiger partial charge in [0.25, 0.3) is 0 Å². The third-order valence-corrected chi connectivity index (χ3v) is 5.41. The van der Waals surface area contributed by atoms with Crippen LogP contribution in [-0.2, 0) is 19.6 Å². The monoisotopic (exact) mass is 409 g/mol. The van der Waals surface area contributed by atoms with E-state index in [1.54, 1.807) is 12.1 Å². The Labute approximate surface area is 164 Å². The van der Waals surface area contributed by atoms with E-state index in [0.29, 0.717) is 23.7 Å². The largest absolute Gasteiger partial charge is 0.497 e. The van der Waals surface area contributed by atoms with E-state index in [0.717, 1.165) is 7.11 Å². The molecule has 0 aliphatic heterocycles. The summed E-state index contributed by atoms with van der Waals surface area (Å²) in [6.07, 6.45) is -1.46. The first-order chi connectivity index (χ1) is 13.3. The fourth-order valence-corrected chi connectivity index (χ4v) is 3.67. The van der Waals surface area contributed by atoms with E-state index in [-0.39, 0.29) is 4.90 Å². The van der Waals surface area contributed by atoms with Gasteiger partial charge in [-0.15, -0.1) is 0 Å². The Morgan fingerprint density at radius 3 is 2.11 bits per heavy atom. The predicted molar refractivity (Wildman–Crippen MR) is 102 cm³/mol. The maximum atomic E-state index is 12.7. The molecular formula is C19H23NO7S. The summed E-state index contributed by atoms with van der Waals surface area (Å²) in [5.74, 6) is 0.155. The molecule has 0 aliphatic rings. The van der Waals surface area contributed by atoms with Crippen LogP contribution < -0.4 is 14.2 Å². The Hall–Kier alpha value is -2.62. The molecule has 2 rings (SSSR count). The summed E-state index contributed by atoms with van der Waals surface area (Å²) >= 11 is 0. The van der Waals surface area contributed by atoms with Gasteiger partial charge in [0, 0.05) is 0 Å². The minimum absolute atomic E-state index is 0.0770. The fourth-order valence-electron chi connectivity index (χ4n) is 2.48. The van der Waals surface area contributed by atoms with Gasteiger partial charge in [0.1, 0.15) is 23.6 Å². The summed E-state index contributed by atoms with van der Waals surface area (Å²) < 4.78 is 42.6. The Kier molecular flexibility index (Phi) is 7.38. The smallest absolute Gasteiger partial charge is 0.326 e. The second kappa shape index (κ2) is 9.54. The van der Waals surface area contributed by atoms with Crippen molar-refractivity contribution in [3.8, 4) is 11.5 Å². The van der Waals surface area contributed by atoms with Gasteiger partial charge in [-0.2, -0.15) is 4.72 Å². The van der Waals surface area contributed by atoms with E-state index in [2.05, 4.69) is 9.46 Å². The van der Waals surface area contributed by atoms with Gasteiger partial charge in [0.2, 0.25) is 10.0 Å². The number of benzene rings is 2. The molecule has 9 heteroatoms. The lowest BCUT2D eigenvalue weighted by Gasteiger charge is -2.22. The summed E-state index contributed by atoms with van der Waals surface area (Å²) in [5.41, 5.74) is 0.325.